The van der Waals surface area contributed by atoms with Gasteiger partial charge in [0.1, 0.15) is 5.82 Å². The van der Waals surface area contributed by atoms with E-state index in [9.17, 15) is 4.79 Å². The molecular formula is C10H13N3O3. The molecular weight excluding hydrogens is 210 g/mol. The molecule has 1 fully saturated rings. The third kappa shape index (κ3) is 2.11. The predicted molar refractivity (Wildman–Crippen MR) is 56.0 cm³/mol. The largest absolute Gasteiger partial charge is 0.464 e. The van der Waals surface area contributed by atoms with Crippen LogP contribution in [0.1, 0.15) is 23.3 Å². The number of aliphatic hydroxyl groups is 1. The predicted octanol–water partition coefficient (Wildman–Crippen LogP) is 0.200. The van der Waals surface area contributed by atoms with Gasteiger partial charge in [0.25, 0.3) is 0 Å². The van der Waals surface area contributed by atoms with E-state index in [-0.39, 0.29) is 17.8 Å². The highest BCUT2D eigenvalue weighted by atomic mass is 16.5. The summed E-state index contributed by atoms with van der Waals surface area (Å²) in [5, 5.41) is 12.2. The highest BCUT2D eigenvalue weighted by Gasteiger charge is 2.42. The van der Waals surface area contributed by atoms with Crippen molar-refractivity contribution in [3.05, 3.63) is 18.1 Å². The number of aromatic nitrogens is 2. The molecule has 0 aliphatic heterocycles. The summed E-state index contributed by atoms with van der Waals surface area (Å²) in [6, 6.07) is 0. The maximum absolute atomic E-state index is 11.1. The van der Waals surface area contributed by atoms with Gasteiger partial charge in [-0.25, -0.2) is 14.8 Å². The first-order valence-electron chi connectivity index (χ1n) is 4.98. The Kier molecular flexibility index (Phi) is 2.74. The summed E-state index contributed by atoms with van der Waals surface area (Å²) >= 11 is 0. The van der Waals surface area contributed by atoms with E-state index in [0.29, 0.717) is 5.82 Å². The number of aliphatic hydroxyl groups excluding tert-OH is 1. The van der Waals surface area contributed by atoms with Gasteiger partial charge in [-0.1, -0.05) is 0 Å². The number of methoxy groups -OCH3 is 1. The Morgan fingerprint density at radius 2 is 2.31 bits per heavy atom. The van der Waals surface area contributed by atoms with Crippen molar-refractivity contribution in [2.24, 2.45) is 0 Å². The van der Waals surface area contributed by atoms with Crippen molar-refractivity contribution < 1.29 is 14.6 Å². The Labute approximate surface area is 92.7 Å². The van der Waals surface area contributed by atoms with Crippen molar-refractivity contribution in [2.45, 2.75) is 18.4 Å². The van der Waals surface area contributed by atoms with E-state index in [1.807, 2.05) is 0 Å². The zero-order valence-electron chi connectivity index (χ0n) is 8.93. The minimum Gasteiger partial charge on any atom is -0.464 e. The van der Waals surface area contributed by atoms with E-state index < -0.39 is 5.97 Å². The smallest absolute Gasteiger partial charge is 0.358 e. The molecule has 86 valence electrons. The first-order chi connectivity index (χ1) is 7.69. The lowest BCUT2D eigenvalue weighted by molar-refractivity contribution is 0.0593. The summed E-state index contributed by atoms with van der Waals surface area (Å²) < 4.78 is 4.51. The van der Waals surface area contributed by atoms with Gasteiger partial charge in [-0.05, 0) is 12.8 Å². The molecule has 1 saturated carbocycles. The van der Waals surface area contributed by atoms with E-state index >= 15 is 0 Å². The molecule has 0 atom stereocenters. The Hall–Kier alpha value is -1.69. The number of anilines is 1. The number of carbonyl (C=O) groups is 1. The maximum atomic E-state index is 11.1. The van der Waals surface area contributed by atoms with Gasteiger partial charge in [-0.2, -0.15) is 0 Å². The third-order valence-electron chi connectivity index (χ3n) is 2.60. The van der Waals surface area contributed by atoms with E-state index in [0.717, 1.165) is 12.8 Å². The van der Waals surface area contributed by atoms with Gasteiger partial charge in [-0.3, -0.25) is 0 Å². The molecule has 0 amide bonds. The second kappa shape index (κ2) is 4.05. The van der Waals surface area contributed by atoms with Crippen molar-refractivity contribution in [2.75, 3.05) is 19.0 Å². The maximum Gasteiger partial charge on any atom is 0.358 e. The number of hydrogen-bond acceptors (Lipinski definition) is 6. The van der Waals surface area contributed by atoms with Crippen LogP contribution in [-0.4, -0.2) is 40.3 Å². The molecule has 6 heteroatoms. The van der Waals surface area contributed by atoms with Gasteiger partial charge >= 0.3 is 5.97 Å². The topological polar surface area (TPSA) is 84.3 Å². The van der Waals surface area contributed by atoms with Crippen molar-refractivity contribution >= 4 is 11.8 Å². The SMILES string of the molecule is COC(=O)c1cnc(NC2(CO)CC2)cn1. The van der Waals surface area contributed by atoms with Gasteiger partial charge < -0.3 is 15.2 Å². The van der Waals surface area contributed by atoms with Crippen LogP contribution in [0.2, 0.25) is 0 Å². The number of esters is 1. The first kappa shape index (κ1) is 10.8. The molecule has 0 radical (unpaired) electrons. The molecule has 0 saturated heterocycles. The summed E-state index contributed by atoms with van der Waals surface area (Å²) in [6.07, 6.45) is 4.65. The normalized spacial score (nSPS) is 16.6. The van der Waals surface area contributed by atoms with Gasteiger partial charge in [0, 0.05) is 0 Å². The molecule has 2 N–H and O–H groups in total. The quantitative estimate of drug-likeness (QED) is 0.709. The van der Waals surface area contributed by atoms with Gasteiger partial charge in [0.2, 0.25) is 0 Å². The highest BCUT2D eigenvalue weighted by molar-refractivity contribution is 5.86. The number of hydrogen-bond donors (Lipinski definition) is 2. The van der Waals surface area contributed by atoms with E-state index in [1.54, 1.807) is 0 Å². The third-order valence-corrected chi connectivity index (χ3v) is 2.60. The average Bonchev–Trinajstić information content (AvgIpc) is 3.09. The molecule has 16 heavy (non-hydrogen) atoms. The molecule has 2 rings (SSSR count). The zero-order chi connectivity index (χ0) is 11.6. The van der Waals surface area contributed by atoms with Crippen molar-refractivity contribution in [1.29, 1.82) is 0 Å². The van der Waals surface area contributed by atoms with Crippen LogP contribution in [0.25, 0.3) is 0 Å². The summed E-state index contributed by atoms with van der Waals surface area (Å²) in [4.78, 5) is 19.0. The lowest BCUT2D eigenvalue weighted by atomic mass is 10.3. The summed E-state index contributed by atoms with van der Waals surface area (Å²) in [5.74, 6) is 0.0431. The minimum absolute atomic E-state index is 0.0768. The van der Waals surface area contributed by atoms with E-state index in [4.69, 9.17) is 5.11 Å². The number of rotatable bonds is 4. The van der Waals surface area contributed by atoms with Crippen LogP contribution >= 0.6 is 0 Å². The fourth-order valence-electron chi connectivity index (χ4n) is 1.35. The van der Waals surface area contributed by atoms with Crippen LogP contribution in [-0.2, 0) is 4.74 Å². The lowest BCUT2D eigenvalue weighted by Crippen LogP contribution is -2.26. The van der Waals surface area contributed by atoms with Gasteiger partial charge in [-0.15, -0.1) is 0 Å². The molecule has 0 spiro atoms. The number of carbonyl (C=O) groups excluding carboxylic acids is 1. The summed E-state index contributed by atoms with van der Waals surface area (Å²) in [5.41, 5.74) is -0.0662. The summed E-state index contributed by atoms with van der Waals surface area (Å²) in [7, 11) is 1.29. The highest BCUT2D eigenvalue weighted by Crippen LogP contribution is 2.37. The number of ether oxygens (including phenoxy) is 1. The van der Waals surface area contributed by atoms with Crippen LogP contribution in [0.3, 0.4) is 0 Å². The molecule has 0 bridgehead atoms. The van der Waals surface area contributed by atoms with Crippen LogP contribution in [0, 0.1) is 0 Å². The fourth-order valence-corrected chi connectivity index (χ4v) is 1.35. The molecule has 1 aromatic rings. The second-order valence-electron chi connectivity index (χ2n) is 3.84. The molecule has 1 aliphatic rings. The Bertz CT molecular complexity index is 387. The molecule has 0 aromatic carbocycles. The van der Waals surface area contributed by atoms with Crippen LogP contribution < -0.4 is 5.32 Å². The number of nitrogens with one attached hydrogen (secondary N) is 1. The lowest BCUT2D eigenvalue weighted by Gasteiger charge is -2.14. The minimum atomic E-state index is -0.512. The molecule has 0 unspecified atom stereocenters. The standard InChI is InChI=1S/C10H13N3O3/c1-16-9(15)7-4-12-8(5-11-7)13-10(6-14)2-3-10/h4-5,14H,2-3,6H2,1H3,(H,12,13). The molecule has 1 aliphatic carbocycles. The molecule has 1 heterocycles. The van der Waals surface area contributed by atoms with Crippen LogP contribution in [0.4, 0.5) is 5.82 Å². The number of nitrogens with zero attached hydrogens (tertiary/aromatic N) is 2. The first-order valence-corrected chi connectivity index (χ1v) is 4.98. The van der Waals surface area contributed by atoms with Gasteiger partial charge in [0.15, 0.2) is 5.69 Å². The van der Waals surface area contributed by atoms with Crippen molar-refractivity contribution in [3.8, 4) is 0 Å². The monoisotopic (exact) mass is 223 g/mol. The van der Waals surface area contributed by atoms with Crippen molar-refractivity contribution in [3.63, 3.8) is 0 Å². The van der Waals surface area contributed by atoms with Gasteiger partial charge in [0.05, 0.1) is 31.6 Å². The Morgan fingerprint density at radius 3 is 2.75 bits per heavy atom. The van der Waals surface area contributed by atoms with Crippen molar-refractivity contribution in [1.82, 2.24) is 9.97 Å². The second-order valence-corrected chi connectivity index (χ2v) is 3.84. The van der Waals surface area contributed by atoms with Crippen LogP contribution in [0.5, 0.6) is 0 Å². The summed E-state index contributed by atoms with van der Waals surface area (Å²) in [6.45, 7) is 0.0768. The zero-order valence-corrected chi connectivity index (χ0v) is 8.93. The van der Waals surface area contributed by atoms with E-state index in [1.165, 1.54) is 19.5 Å². The van der Waals surface area contributed by atoms with E-state index in [2.05, 4.69) is 20.0 Å². The van der Waals surface area contributed by atoms with Crippen LogP contribution in [0.15, 0.2) is 12.4 Å². The average molecular weight is 223 g/mol. The Morgan fingerprint density at radius 1 is 1.56 bits per heavy atom. The molecule has 1 aromatic heterocycles. The molecule has 6 nitrogen and oxygen atoms in total. The Balaban J connectivity index is 2.05. The fraction of sp³-hybridized carbons (Fsp3) is 0.500.